The predicted molar refractivity (Wildman–Crippen MR) is 133 cm³/mol. The molecule has 0 saturated carbocycles. The zero-order valence-corrected chi connectivity index (χ0v) is 20.2. The van der Waals surface area contributed by atoms with E-state index in [9.17, 15) is 14.7 Å². The number of ketones is 1. The molecule has 5 rings (SSSR count). The van der Waals surface area contributed by atoms with Crippen molar-refractivity contribution in [1.29, 1.82) is 0 Å². The highest BCUT2D eigenvalue weighted by molar-refractivity contribution is 6.46. The molecule has 9 heteroatoms. The first-order valence-corrected chi connectivity index (χ1v) is 11.9. The monoisotopic (exact) mass is 485 g/mol. The van der Waals surface area contributed by atoms with Gasteiger partial charge in [0.05, 0.1) is 30.2 Å². The maximum absolute atomic E-state index is 13.4. The topological polar surface area (TPSA) is 102 Å². The van der Waals surface area contributed by atoms with E-state index < -0.39 is 17.7 Å². The van der Waals surface area contributed by atoms with Crippen molar-refractivity contribution in [2.45, 2.75) is 32.9 Å². The average molecular weight is 486 g/mol. The summed E-state index contributed by atoms with van der Waals surface area (Å²) in [5.74, 6) is -0.967. The minimum Gasteiger partial charge on any atom is -0.505 e. The first kappa shape index (κ1) is 23.3. The van der Waals surface area contributed by atoms with E-state index in [-0.39, 0.29) is 11.3 Å². The highest BCUT2D eigenvalue weighted by Crippen LogP contribution is 2.40. The van der Waals surface area contributed by atoms with Gasteiger partial charge in [-0.3, -0.25) is 14.0 Å². The fraction of sp³-hybridized carbons (Fsp3) is 0.259. The van der Waals surface area contributed by atoms with E-state index in [0.29, 0.717) is 54.5 Å². The van der Waals surface area contributed by atoms with Crippen molar-refractivity contribution in [3.8, 4) is 5.75 Å². The molecule has 1 aromatic carbocycles. The molecular weight excluding hydrogens is 458 g/mol. The molecule has 1 fully saturated rings. The smallest absolute Gasteiger partial charge is 0.295 e. The number of imidazole rings is 2. The van der Waals surface area contributed by atoms with Crippen molar-refractivity contribution < 1.29 is 19.4 Å². The van der Waals surface area contributed by atoms with E-state index in [2.05, 4.69) is 9.97 Å². The third-order valence-corrected chi connectivity index (χ3v) is 6.33. The van der Waals surface area contributed by atoms with Crippen molar-refractivity contribution in [2.24, 2.45) is 0 Å². The minimum absolute atomic E-state index is 0.0463. The van der Waals surface area contributed by atoms with Crippen molar-refractivity contribution in [1.82, 2.24) is 23.8 Å². The van der Waals surface area contributed by atoms with Crippen molar-refractivity contribution in [3.63, 3.8) is 0 Å². The zero-order chi connectivity index (χ0) is 25.2. The number of nitrogens with zero attached hydrogens (tertiary/aromatic N) is 5. The second-order valence-corrected chi connectivity index (χ2v) is 8.63. The molecule has 0 aliphatic carbocycles. The first-order valence-electron chi connectivity index (χ1n) is 11.9. The number of likely N-dealkylation sites (tertiary alicyclic amines) is 1. The molecule has 1 unspecified atom stereocenters. The summed E-state index contributed by atoms with van der Waals surface area (Å²) in [6.07, 6.45) is 7.65. The van der Waals surface area contributed by atoms with E-state index in [1.807, 2.05) is 60.2 Å². The molecule has 9 nitrogen and oxygen atoms in total. The lowest BCUT2D eigenvalue weighted by molar-refractivity contribution is -0.139. The standard InChI is InChI=1S/C27H27N5O4/c1-3-36-20-9-6-8-19(16-20)24-22(25(33)23-18(2)29-21-10-4-5-13-31(21)23)26(34)27(35)32(24)14-7-12-30-15-11-28-17-30/h4-6,8-11,13,15-17,24,33H,3,7,12,14H2,1-2H3/b25-22+. The van der Waals surface area contributed by atoms with Crippen LogP contribution in [-0.2, 0) is 16.1 Å². The molecule has 1 N–H and O–H groups in total. The van der Waals surface area contributed by atoms with Gasteiger partial charge in [-0.15, -0.1) is 0 Å². The van der Waals surface area contributed by atoms with Gasteiger partial charge in [0.25, 0.3) is 11.7 Å². The van der Waals surface area contributed by atoms with E-state index in [1.165, 1.54) is 4.90 Å². The molecule has 1 amide bonds. The van der Waals surface area contributed by atoms with Crippen molar-refractivity contribution in [3.05, 3.63) is 89.9 Å². The molecule has 0 spiro atoms. The SMILES string of the molecule is CCOc1cccc(C2/C(=C(\O)c3c(C)nc4ccccn34)C(=O)C(=O)N2CCCn2ccnc2)c1. The van der Waals surface area contributed by atoms with Gasteiger partial charge in [-0.25, -0.2) is 9.97 Å². The second kappa shape index (κ2) is 9.69. The quantitative estimate of drug-likeness (QED) is 0.232. The molecule has 4 heterocycles. The predicted octanol–water partition coefficient (Wildman–Crippen LogP) is 3.75. The maximum Gasteiger partial charge on any atom is 0.295 e. The van der Waals surface area contributed by atoms with Crippen molar-refractivity contribution in [2.75, 3.05) is 13.2 Å². The number of ether oxygens (including phenoxy) is 1. The Bertz CT molecular complexity index is 1450. The van der Waals surface area contributed by atoms with Crippen LogP contribution in [0.3, 0.4) is 0 Å². The van der Waals surface area contributed by atoms with Gasteiger partial charge in [0.1, 0.15) is 17.1 Å². The molecule has 1 aliphatic rings. The average Bonchev–Trinajstić information content (AvgIpc) is 3.57. The highest BCUT2D eigenvalue weighted by atomic mass is 16.5. The minimum atomic E-state index is -0.762. The van der Waals surface area contributed by atoms with Crippen LogP contribution in [0, 0.1) is 6.92 Å². The number of pyridine rings is 1. The van der Waals surface area contributed by atoms with Gasteiger partial charge < -0.3 is 19.3 Å². The Kier molecular flexibility index (Phi) is 6.28. The van der Waals surface area contributed by atoms with Crippen LogP contribution in [0.15, 0.2) is 73.0 Å². The summed E-state index contributed by atoms with van der Waals surface area (Å²) in [4.78, 5) is 36.8. The number of benzene rings is 1. The molecule has 184 valence electrons. The number of aliphatic hydroxyl groups is 1. The van der Waals surface area contributed by atoms with Crippen LogP contribution in [0.4, 0.5) is 0 Å². The number of carbonyl (C=O) groups excluding carboxylic acids is 2. The fourth-order valence-corrected chi connectivity index (χ4v) is 4.77. The molecule has 36 heavy (non-hydrogen) atoms. The fourth-order valence-electron chi connectivity index (χ4n) is 4.77. The number of Topliss-reactive ketones (excluding diaryl/α,β-unsaturated/α-hetero) is 1. The summed E-state index contributed by atoms with van der Waals surface area (Å²) in [6, 6.07) is 12.0. The summed E-state index contributed by atoms with van der Waals surface area (Å²) in [6.45, 7) is 5.11. The van der Waals surface area contributed by atoms with Gasteiger partial charge in [0.2, 0.25) is 0 Å². The molecule has 1 atom stereocenters. The van der Waals surface area contributed by atoms with Gasteiger partial charge in [-0.05, 0) is 50.1 Å². The molecular formula is C27H27N5O4. The summed E-state index contributed by atoms with van der Waals surface area (Å²) in [5, 5.41) is 11.5. The van der Waals surface area contributed by atoms with Gasteiger partial charge in [0, 0.05) is 31.7 Å². The Hall–Kier alpha value is -4.40. The number of fused-ring (bicyclic) bond motifs is 1. The number of hydrogen-bond acceptors (Lipinski definition) is 6. The number of hydrogen-bond donors (Lipinski definition) is 1. The van der Waals surface area contributed by atoms with Crippen LogP contribution in [0.25, 0.3) is 11.4 Å². The number of aliphatic hydroxyl groups excluding tert-OH is 1. The van der Waals surface area contributed by atoms with E-state index in [1.54, 1.807) is 30.0 Å². The Morgan fingerprint density at radius 2 is 1.97 bits per heavy atom. The zero-order valence-electron chi connectivity index (χ0n) is 20.2. The van der Waals surface area contributed by atoms with Crippen LogP contribution >= 0.6 is 0 Å². The van der Waals surface area contributed by atoms with Gasteiger partial charge in [0.15, 0.2) is 5.76 Å². The molecule has 1 saturated heterocycles. The first-order chi connectivity index (χ1) is 17.5. The third-order valence-electron chi connectivity index (χ3n) is 6.33. The number of amides is 1. The van der Waals surface area contributed by atoms with E-state index in [4.69, 9.17) is 4.74 Å². The number of rotatable bonds is 8. The van der Waals surface area contributed by atoms with Crippen LogP contribution in [0.2, 0.25) is 0 Å². The van der Waals surface area contributed by atoms with Crippen LogP contribution < -0.4 is 4.74 Å². The summed E-state index contributed by atoms with van der Waals surface area (Å²) in [5.41, 5.74) is 2.33. The number of aryl methyl sites for hydroxylation is 2. The summed E-state index contributed by atoms with van der Waals surface area (Å²) >= 11 is 0. The van der Waals surface area contributed by atoms with Gasteiger partial charge in [-0.1, -0.05) is 18.2 Å². The Labute approximate surface area is 208 Å². The second-order valence-electron chi connectivity index (χ2n) is 8.63. The number of aromatic nitrogens is 4. The summed E-state index contributed by atoms with van der Waals surface area (Å²) in [7, 11) is 0. The molecule has 1 aliphatic heterocycles. The van der Waals surface area contributed by atoms with Crippen molar-refractivity contribution >= 4 is 23.1 Å². The lowest BCUT2D eigenvalue weighted by Crippen LogP contribution is -2.31. The van der Waals surface area contributed by atoms with E-state index >= 15 is 0 Å². The van der Waals surface area contributed by atoms with Gasteiger partial charge in [-0.2, -0.15) is 0 Å². The lowest BCUT2D eigenvalue weighted by Gasteiger charge is -2.25. The lowest BCUT2D eigenvalue weighted by atomic mass is 9.96. The number of carbonyl (C=O) groups is 2. The summed E-state index contributed by atoms with van der Waals surface area (Å²) < 4.78 is 9.33. The Morgan fingerprint density at radius 1 is 1.11 bits per heavy atom. The van der Waals surface area contributed by atoms with E-state index in [0.717, 1.165) is 0 Å². The molecule has 0 radical (unpaired) electrons. The third kappa shape index (κ3) is 4.13. The maximum atomic E-state index is 13.4. The normalized spacial score (nSPS) is 17.3. The Morgan fingerprint density at radius 3 is 2.75 bits per heavy atom. The highest BCUT2D eigenvalue weighted by Gasteiger charge is 2.46. The molecule has 3 aromatic heterocycles. The molecule has 4 aromatic rings. The largest absolute Gasteiger partial charge is 0.505 e. The van der Waals surface area contributed by atoms with Gasteiger partial charge >= 0.3 is 0 Å². The van der Waals surface area contributed by atoms with Crippen LogP contribution in [0.5, 0.6) is 5.75 Å². The molecule has 0 bridgehead atoms. The van der Waals surface area contributed by atoms with Crippen LogP contribution in [-0.4, -0.2) is 53.8 Å². The van der Waals surface area contributed by atoms with Crippen LogP contribution in [0.1, 0.15) is 36.3 Å². The Balaban J connectivity index is 1.61.